The van der Waals surface area contributed by atoms with Gasteiger partial charge >= 0.3 is 6.09 Å². The van der Waals surface area contributed by atoms with Crippen molar-refractivity contribution in [2.75, 3.05) is 5.32 Å². The van der Waals surface area contributed by atoms with Crippen molar-refractivity contribution in [1.29, 1.82) is 0 Å². The SMILES string of the molecule is CC1(C)Cc2c(-c3cc(NC(=O)[C@@H]4CCC[C@@](C=O)(NC(=O)O)C4)ncc3Cl)cnn2C1. The lowest BCUT2D eigenvalue weighted by atomic mass is 9.76. The number of nitrogens with zero attached hydrogens (tertiary/aromatic N) is 3. The Bertz CT molecular complexity index is 1080. The number of amides is 2. The number of aldehydes is 1. The molecule has 1 saturated carbocycles. The minimum Gasteiger partial charge on any atom is -0.465 e. The van der Waals surface area contributed by atoms with Gasteiger partial charge in [0.15, 0.2) is 0 Å². The van der Waals surface area contributed by atoms with Crippen molar-refractivity contribution in [2.24, 2.45) is 11.3 Å². The Kier molecular flexibility index (Phi) is 5.70. The van der Waals surface area contributed by atoms with Crippen LogP contribution in [0.4, 0.5) is 10.6 Å². The van der Waals surface area contributed by atoms with Crippen molar-refractivity contribution >= 4 is 35.7 Å². The van der Waals surface area contributed by atoms with E-state index in [1.807, 2.05) is 4.68 Å². The minimum atomic E-state index is -1.28. The Balaban J connectivity index is 1.53. The van der Waals surface area contributed by atoms with E-state index < -0.39 is 17.6 Å². The summed E-state index contributed by atoms with van der Waals surface area (Å²) in [5.74, 6) is -0.465. The van der Waals surface area contributed by atoms with Gasteiger partial charge in [-0.05, 0) is 43.6 Å². The van der Waals surface area contributed by atoms with Crippen LogP contribution in [0.5, 0.6) is 0 Å². The molecule has 0 saturated heterocycles. The average Bonchev–Trinajstić information content (AvgIpc) is 3.24. The van der Waals surface area contributed by atoms with Gasteiger partial charge in [0, 0.05) is 35.5 Å². The molecule has 1 aliphatic heterocycles. The average molecular weight is 460 g/mol. The van der Waals surface area contributed by atoms with Gasteiger partial charge in [-0.2, -0.15) is 5.10 Å². The number of carbonyl (C=O) groups excluding carboxylic acids is 2. The van der Waals surface area contributed by atoms with Crippen LogP contribution in [-0.2, 0) is 22.6 Å². The molecule has 2 amide bonds. The topological polar surface area (TPSA) is 126 Å². The third-order valence-electron chi connectivity index (χ3n) is 6.31. The number of carbonyl (C=O) groups is 3. The van der Waals surface area contributed by atoms with Crippen LogP contribution in [0.15, 0.2) is 18.5 Å². The number of halogens is 1. The molecule has 32 heavy (non-hydrogen) atoms. The number of anilines is 1. The Morgan fingerprint density at radius 3 is 2.81 bits per heavy atom. The number of hydrogen-bond acceptors (Lipinski definition) is 5. The highest BCUT2D eigenvalue weighted by Crippen LogP contribution is 2.39. The largest absolute Gasteiger partial charge is 0.465 e. The number of aromatic nitrogens is 3. The molecule has 2 aromatic heterocycles. The molecule has 2 aromatic rings. The minimum absolute atomic E-state index is 0.112. The molecule has 0 unspecified atom stereocenters. The molecular weight excluding hydrogens is 434 g/mol. The Hall–Kier alpha value is -2.94. The summed E-state index contributed by atoms with van der Waals surface area (Å²) in [6.45, 7) is 5.21. The first-order valence-corrected chi connectivity index (χ1v) is 11.0. The summed E-state index contributed by atoms with van der Waals surface area (Å²) >= 11 is 6.44. The zero-order chi connectivity index (χ0) is 23.1. The number of nitrogens with one attached hydrogen (secondary N) is 2. The first-order valence-electron chi connectivity index (χ1n) is 10.6. The fourth-order valence-corrected chi connectivity index (χ4v) is 5.01. The molecule has 0 bridgehead atoms. The van der Waals surface area contributed by atoms with Gasteiger partial charge in [0.1, 0.15) is 12.1 Å². The number of carboxylic acid groups (broad SMARTS) is 1. The van der Waals surface area contributed by atoms with Crippen molar-refractivity contribution in [3.05, 3.63) is 29.2 Å². The second kappa shape index (κ2) is 8.20. The third-order valence-corrected chi connectivity index (χ3v) is 6.61. The van der Waals surface area contributed by atoms with Gasteiger partial charge in [0.05, 0.1) is 16.8 Å². The molecule has 10 heteroatoms. The van der Waals surface area contributed by atoms with Gasteiger partial charge in [0.25, 0.3) is 0 Å². The van der Waals surface area contributed by atoms with E-state index in [4.69, 9.17) is 16.7 Å². The molecule has 4 rings (SSSR count). The van der Waals surface area contributed by atoms with Gasteiger partial charge in [-0.25, -0.2) is 9.78 Å². The Morgan fingerprint density at radius 2 is 2.09 bits per heavy atom. The van der Waals surface area contributed by atoms with Gasteiger partial charge < -0.3 is 20.5 Å². The van der Waals surface area contributed by atoms with Gasteiger partial charge in [-0.1, -0.05) is 25.4 Å². The van der Waals surface area contributed by atoms with Crippen LogP contribution in [0.1, 0.15) is 45.2 Å². The molecule has 2 aliphatic rings. The first kappa shape index (κ1) is 22.3. The third kappa shape index (κ3) is 4.34. The highest BCUT2D eigenvalue weighted by Gasteiger charge is 2.40. The Labute approximate surface area is 190 Å². The summed E-state index contributed by atoms with van der Waals surface area (Å²) in [6.07, 6.45) is 5.09. The summed E-state index contributed by atoms with van der Waals surface area (Å²) in [5, 5.41) is 19.1. The molecule has 9 nitrogen and oxygen atoms in total. The maximum Gasteiger partial charge on any atom is 0.405 e. The van der Waals surface area contributed by atoms with Crippen LogP contribution in [0.2, 0.25) is 5.02 Å². The highest BCUT2D eigenvalue weighted by atomic mass is 35.5. The summed E-state index contributed by atoms with van der Waals surface area (Å²) in [6, 6.07) is 1.73. The van der Waals surface area contributed by atoms with E-state index in [0.29, 0.717) is 36.4 Å². The van der Waals surface area contributed by atoms with Crippen LogP contribution < -0.4 is 10.6 Å². The van der Waals surface area contributed by atoms with Crippen LogP contribution in [0.25, 0.3) is 11.1 Å². The predicted octanol–water partition coefficient (Wildman–Crippen LogP) is 3.51. The van der Waals surface area contributed by atoms with E-state index in [-0.39, 0.29) is 17.7 Å². The van der Waals surface area contributed by atoms with E-state index in [2.05, 4.69) is 34.6 Å². The van der Waals surface area contributed by atoms with Crippen molar-refractivity contribution in [2.45, 2.75) is 58.0 Å². The van der Waals surface area contributed by atoms with Crippen molar-refractivity contribution in [3.8, 4) is 11.1 Å². The zero-order valence-electron chi connectivity index (χ0n) is 18.0. The second-order valence-corrected chi connectivity index (χ2v) is 9.95. The van der Waals surface area contributed by atoms with Crippen LogP contribution in [0.3, 0.4) is 0 Å². The summed E-state index contributed by atoms with van der Waals surface area (Å²) in [4.78, 5) is 39.9. The lowest BCUT2D eigenvalue weighted by Crippen LogP contribution is -2.53. The lowest BCUT2D eigenvalue weighted by molar-refractivity contribution is -0.123. The van der Waals surface area contributed by atoms with E-state index >= 15 is 0 Å². The molecule has 3 N–H and O–H groups in total. The molecular formula is C22H26ClN5O4. The van der Waals surface area contributed by atoms with Crippen LogP contribution in [0, 0.1) is 11.3 Å². The van der Waals surface area contributed by atoms with Gasteiger partial charge in [-0.15, -0.1) is 0 Å². The predicted molar refractivity (Wildman–Crippen MR) is 118 cm³/mol. The molecule has 0 aromatic carbocycles. The van der Waals surface area contributed by atoms with E-state index in [9.17, 15) is 14.4 Å². The summed E-state index contributed by atoms with van der Waals surface area (Å²) in [7, 11) is 0. The summed E-state index contributed by atoms with van der Waals surface area (Å²) in [5.41, 5.74) is 1.64. The molecule has 0 spiro atoms. The maximum atomic E-state index is 12.9. The molecule has 2 atom stereocenters. The molecule has 170 valence electrons. The van der Waals surface area contributed by atoms with Gasteiger partial charge in [0.2, 0.25) is 5.91 Å². The monoisotopic (exact) mass is 459 g/mol. The molecule has 1 aliphatic carbocycles. The second-order valence-electron chi connectivity index (χ2n) is 9.54. The van der Waals surface area contributed by atoms with E-state index in [0.717, 1.165) is 29.8 Å². The lowest BCUT2D eigenvalue weighted by Gasteiger charge is -2.35. The van der Waals surface area contributed by atoms with Gasteiger partial charge in [-0.3, -0.25) is 9.48 Å². The van der Waals surface area contributed by atoms with Crippen molar-refractivity contribution < 1.29 is 19.5 Å². The number of pyridine rings is 1. The van der Waals surface area contributed by atoms with Crippen molar-refractivity contribution in [3.63, 3.8) is 0 Å². The fourth-order valence-electron chi connectivity index (χ4n) is 4.81. The van der Waals surface area contributed by atoms with Crippen LogP contribution in [-0.4, -0.2) is 43.7 Å². The normalized spacial score (nSPS) is 23.9. The quantitative estimate of drug-likeness (QED) is 0.587. The number of rotatable bonds is 5. The maximum absolute atomic E-state index is 12.9. The molecule has 1 fully saturated rings. The Morgan fingerprint density at radius 1 is 1.31 bits per heavy atom. The van der Waals surface area contributed by atoms with E-state index in [1.54, 1.807) is 12.3 Å². The van der Waals surface area contributed by atoms with Crippen molar-refractivity contribution in [1.82, 2.24) is 20.1 Å². The summed E-state index contributed by atoms with van der Waals surface area (Å²) < 4.78 is 1.99. The fraction of sp³-hybridized carbons (Fsp3) is 0.500. The molecule has 0 radical (unpaired) electrons. The number of fused-ring (bicyclic) bond motifs is 1. The van der Waals surface area contributed by atoms with E-state index in [1.165, 1.54) is 6.20 Å². The smallest absolute Gasteiger partial charge is 0.405 e. The first-order chi connectivity index (χ1) is 15.1. The molecule has 3 heterocycles. The highest BCUT2D eigenvalue weighted by molar-refractivity contribution is 6.33. The van der Waals surface area contributed by atoms with Crippen LogP contribution >= 0.6 is 11.6 Å². The zero-order valence-corrected chi connectivity index (χ0v) is 18.8. The number of hydrogen-bond donors (Lipinski definition) is 3. The standard InChI is InChI=1S/C22H26ClN5O4/c1-21(2)8-17-15(9-25-28(17)11-21)14-6-18(24-10-16(14)23)26-19(30)13-4-3-5-22(7-13,12-29)27-20(31)32/h6,9-10,12-13,27H,3-5,7-8,11H2,1-2H3,(H,31,32)(H,24,26,30)/t13-,22-/m1/s1.